The van der Waals surface area contributed by atoms with Gasteiger partial charge in [-0.3, -0.25) is 0 Å². The summed E-state index contributed by atoms with van der Waals surface area (Å²) < 4.78 is 2.25. The smallest absolute Gasteiger partial charge is 0.124 e. The van der Waals surface area contributed by atoms with E-state index < -0.39 is 0 Å². The normalized spacial score (nSPS) is 12.2. The molecule has 1 heterocycles. The van der Waals surface area contributed by atoms with Crippen molar-refractivity contribution in [2.75, 3.05) is 0 Å². The first-order valence-corrected chi connectivity index (χ1v) is 8.06. The lowest BCUT2D eigenvalue weighted by atomic mass is 9.85. The standard InChI is InChI=1S/C16H22Cl2N2/c1-10(2)13(11(3)4)9-20-15-6-5-12(18)7-14(15)19-16(20)8-17/h5-7,10-11,13H,8-9H2,1-4H3. The summed E-state index contributed by atoms with van der Waals surface area (Å²) in [6, 6.07) is 5.86. The van der Waals surface area contributed by atoms with Crippen LogP contribution in [0.25, 0.3) is 11.0 Å². The van der Waals surface area contributed by atoms with Crippen LogP contribution in [0, 0.1) is 17.8 Å². The van der Waals surface area contributed by atoms with Crippen molar-refractivity contribution in [2.45, 2.75) is 40.1 Å². The van der Waals surface area contributed by atoms with Gasteiger partial charge in [0.15, 0.2) is 0 Å². The molecular formula is C16H22Cl2N2. The maximum absolute atomic E-state index is 6.07. The highest BCUT2D eigenvalue weighted by atomic mass is 35.5. The zero-order chi connectivity index (χ0) is 14.9. The molecule has 0 saturated heterocycles. The first kappa shape index (κ1) is 15.7. The Labute approximate surface area is 131 Å². The zero-order valence-electron chi connectivity index (χ0n) is 12.5. The molecule has 20 heavy (non-hydrogen) atoms. The van der Waals surface area contributed by atoms with Crippen LogP contribution in [0.2, 0.25) is 5.02 Å². The van der Waals surface area contributed by atoms with Crippen LogP contribution in [0.3, 0.4) is 0 Å². The first-order valence-electron chi connectivity index (χ1n) is 7.14. The summed E-state index contributed by atoms with van der Waals surface area (Å²) in [4.78, 5) is 4.61. The van der Waals surface area contributed by atoms with Gasteiger partial charge >= 0.3 is 0 Å². The fraction of sp³-hybridized carbons (Fsp3) is 0.562. The Morgan fingerprint density at radius 1 is 1.15 bits per heavy atom. The molecule has 2 aromatic rings. The van der Waals surface area contributed by atoms with Crippen molar-refractivity contribution < 1.29 is 0 Å². The van der Waals surface area contributed by atoms with Crippen molar-refractivity contribution in [2.24, 2.45) is 17.8 Å². The van der Waals surface area contributed by atoms with E-state index in [-0.39, 0.29) is 0 Å². The molecule has 0 unspecified atom stereocenters. The predicted molar refractivity (Wildman–Crippen MR) is 87.5 cm³/mol. The molecule has 0 radical (unpaired) electrons. The maximum Gasteiger partial charge on any atom is 0.124 e. The van der Waals surface area contributed by atoms with E-state index in [0.29, 0.717) is 28.7 Å². The molecule has 0 aliphatic carbocycles. The minimum absolute atomic E-state index is 0.426. The number of alkyl halides is 1. The first-order chi connectivity index (χ1) is 9.43. The molecule has 0 saturated carbocycles. The molecule has 2 rings (SSSR count). The van der Waals surface area contributed by atoms with Crippen molar-refractivity contribution in [3.05, 3.63) is 29.0 Å². The minimum atomic E-state index is 0.426. The van der Waals surface area contributed by atoms with Crippen molar-refractivity contribution in [3.63, 3.8) is 0 Å². The highest BCUT2D eigenvalue weighted by molar-refractivity contribution is 6.31. The van der Waals surface area contributed by atoms with Gasteiger partial charge in [-0.05, 0) is 36.0 Å². The lowest BCUT2D eigenvalue weighted by Crippen LogP contribution is -2.22. The zero-order valence-corrected chi connectivity index (χ0v) is 14.0. The van der Waals surface area contributed by atoms with Gasteiger partial charge in [0.05, 0.1) is 16.9 Å². The predicted octanol–water partition coefficient (Wildman–Crippen LogP) is 5.36. The Bertz CT molecular complexity index is 579. The molecule has 0 atom stereocenters. The van der Waals surface area contributed by atoms with Crippen LogP contribution in [0.1, 0.15) is 33.5 Å². The molecule has 1 aromatic heterocycles. The van der Waals surface area contributed by atoms with Gasteiger partial charge in [-0.25, -0.2) is 4.98 Å². The van der Waals surface area contributed by atoms with E-state index in [9.17, 15) is 0 Å². The third-order valence-corrected chi connectivity index (χ3v) is 4.49. The van der Waals surface area contributed by atoms with E-state index in [1.165, 1.54) is 0 Å². The van der Waals surface area contributed by atoms with Crippen LogP contribution < -0.4 is 0 Å². The van der Waals surface area contributed by atoms with Gasteiger partial charge in [-0.15, -0.1) is 11.6 Å². The summed E-state index contributed by atoms with van der Waals surface area (Å²) >= 11 is 12.1. The molecule has 2 nitrogen and oxygen atoms in total. The van der Waals surface area contributed by atoms with Crippen molar-refractivity contribution in [1.82, 2.24) is 9.55 Å². The van der Waals surface area contributed by atoms with Gasteiger partial charge in [0, 0.05) is 11.6 Å². The van der Waals surface area contributed by atoms with Crippen molar-refractivity contribution in [3.8, 4) is 0 Å². The molecule has 4 heteroatoms. The Morgan fingerprint density at radius 2 is 1.80 bits per heavy atom. The van der Waals surface area contributed by atoms with E-state index in [0.717, 1.165) is 23.4 Å². The summed E-state index contributed by atoms with van der Waals surface area (Å²) in [7, 11) is 0. The molecule has 0 spiro atoms. The van der Waals surface area contributed by atoms with Gasteiger partial charge in [0.1, 0.15) is 5.82 Å². The number of fused-ring (bicyclic) bond motifs is 1. The number of imidazole rings is 1. The van der Waals surface area contributed by atoms with E-state index in [4.69, 9.17) is 23.2 Å². The number of aromatic nitrogens is 2. The number of benzene rings is 1. The summed E-state index contributed by atoms with van der Waals surface area (Å²) in [5.74, 6) is 3.21. The summed E-state index contributed by atoms with van der Waals surface area (Å²) in [5.41, 5.74) is 2.05. The lowest BCUT2D eigenvalue weighted by Gasteiger charge is -2.26. The Kier molecular flexibility index (Phi) is 4.98. The van der Waals surface area contributed by atoms with Crippen LogP contribution in [0.4, 0.5) is 0 Å². The SMILES string of the molecule is CC(C)C(Cn1c(CCl)nc2cc(Cl)ccc21)C(C)C. The molecule has 0 N–H and O–H groups in total. The lowest BCUT2D eigenvalue weighted by molar-refractivity contribution is 0.252. The summed E-state index contributed by atoms with van der Waals surface area (Å²) in [6.07, 6.45) is 0. The van der Waals surface area contributed by atoms with E-state index >= 15 is 0 Å². The second-order valence-electron chi connectivity index (χ2n) is 6.06. The molecular weight excluding hydrogens is 291 g/mol. The van der Waals surface area contributed by atoms with E-state index in [1.807, 2.05) is 18.2 Å². The van der Waals surface area contributed by atoms with Crippen LogP contribution in [-0.4, -0.2) is 9.55 Å². The number of nitrogens with zero attached hydrogens (tertiary/aromatic N) is 2. The highest BCUT2D eigenvalue weighted by Crippen LogP contribution is 2.27. The number of hydrogen-bond donors (Lipinski definition) is 0. The number of halogens is 2. The maximum atomic E-state index is 6.07. The van der Waals surface area contributed by atoms with Gasteiger partial charge in [-0.1, -0.05) is 39.3 Å². The number of hydrogen-bond acceptors (Lipinski definition) is 1. The average Bonchev–Trinajstić information content (AvgIpc) is 2.71. The summed E-state index contributed by atoms with van der Waals surface area (Å²) in [5, 5.41) is 0.715. The minimum Gasteiger partial charge on any atom is -0.327 e. The third kappa shape index (κ3) is 3.12. The van der Waals surface area contributed by atoms with Gasteiger partial charge < -0.3 is 4.57 Å². The van der Waals surface area contributed by atoms with Crippen molar-refractivity contribution >= 4 is 34.2 Å². The third-order valence-electron chi connectivity index (χ3n) is 4.01. The quantitative estimate of drug-likeness (QED) is 0.680. The molecule has 0 fully saturated rings. The van der Waals surface area contributed by atoms with Crippen LogP contribution in [0.5, 0.6) is 0 Å². The topological polar surface area (TPSA) is 17.8 Å². The van der Waals surface area contributed by atoms with E-state index in [1.54, 1.807) is 0 Å². The molecule has 0 aliphatic rings. The Balaban J connectivity index is 2.46. The Morgan fingerprint density at radius 3 is 2.35 bits per heavy atom. The number of rotatable bonds is 5. The van der Waals surface area contributed by atoms with Gasteiger partial charge in [0.25, 0.3) is 0 Å². The molecule has 1 aromatic carbocycles. The van der Waals surface area contributed by atoms with Crippen LogP contribution in [-0.2, 0) is 12.4 Å². The van der Waals surface area contributed by atoms with Crippen LogP contribution >= 0.6 is 23.2 Å². The second kappa shape index (κ2) is 6.36. The monoisotopic (exact) mass is 312 g/mol. The molecule has 0 aliphatic heterocycles. The van der Waals surface area contributed by atoms with Crippen molar-refractivity contribution in [1.29, 1.82) is 0 Å². The average molecular weight is 313 g/mol. The van der Waals surface area contributed by atoms with E-state index in [2.05, 4.69) is 37.2 Å². The molecule has 110 valence electrons. The fourth-order valence-corrected chi connectivity index (χ4v) is 3.23. The van der Waals surface area contributed by atoms with Crippen LogP contribution in [0.15, 0.2) is 18.2 Å². The Hall–Kier alpha value is -0.730. The van der Waals surface area contributed by atoms with Gasteiger partial charge in [-0.2, -0.15) is 0 Å². The largest absolute Gasteiger partial charge is 0.327 e. The second-order valence-corrected chi connectivity index (χ2v) is 6.76. The summed E-state index contributed by atoms with van der Waals surface area (Å²) in [6.45, 7) is 10.1. The molecule has 0 bridgehead atoms. The highest BCUT2D eigenvalue weighted by Gasteiger charge is 2.21. The fourth-order valence-electron chi connectivity index (χ4n) is 2.86. The molecule has 0 amide bonds. The van der Waals surface area contributed by atoms with Gasteiger partial charge in [0.2, 0.25) is 0 Å².